The molecule has 2 N–H and O–H groups in total. The lowest BCUT2D eigenvalue weighted by atomic mass is 9.93. The number of carboxylic acid groups (broad SMARTS) is 1. The van der Waals surface area contributed by atoms with E-state index in [4.69, 9.17) is 0 Å². The second-order valence-corrected chi connectivity index (χ2v) is 6.16. The van der Waals surface area contributed by atoms with E-state index in [9.17, 15) is 14.7 Å². The highest BCUT2D eigenvalue weighted by Crippen LogP contribution is 2.23. The van der Waals surface area contributed by atoms with Crippen LogP contribution in [-0.2, 0) is 9.59 Å². The largest absolute Gasteiger partial charge is 0.481 e. The number of nitrogens with zero attached hydrogens (tertiary/aromatic N) is 1. The molecule has 1 saturated carbocycles. The van der Waals surface area contributed by atoms with Crippen LogP contribution >= 0.6 is 0 Å². The number of piperidine rings is 1. The Balaban J connectivity index is 1.96. The van der Waals surface area contributed by atoms with Crippen LogP contribution in [0.1, 0.15) is 51.9 Å². The van der Waals surface area contributed by atoms with Crippen LogP contribution in [0.25, 0.3) is 0 Å². The molecule has 2 atom stereocenters. The molecule has 1 heterocycles. The highest BCUT2D eigenvalue weighted by Gasteiger charge is 2.34. The highest BCUT2D eigenvalue weighted by molar-refractivity contribution is 5.78. The molecular weight excluding hydrogens is 256 g/mol. The van der Waals surface area contributed by atoms with Gasteiger partial charge in [0.25, 0.3) is 0 Å². The average molecular weight is 282 g/mol. The molecule has 0 spiro atoms. The van der Waals surface area contributed by atoms with Crippen LogP contribution < -0.4 is 5.32 Å². The van der Waals surface area contributed by atoms with Crippen LogP contribution in [0, 0.1) is 5.92 Å². The number of amides is 1. The van der Waals surface area contributed by atoms with Gasteiger partial charge in [0.05, 0.1) is 5.92 Å². The van der Waals surface area contributed by atoms with Crippen molar-refractivity contribution in [1.82, 2.24) is 10.2 Å². The summed E-state index contributed by atoms with van der Waals surface area (Å²) in [5, 5.41) is 12.9. The Morgan fingerprint density at radius 2 is 1.90 bits per heavy atom. The Morgan fingerprint density at radius 1 is 1.20 bits per heavy atom. The minimum Gasteiger partial charge on any atom is -0.481 e. The van der Waals surface area contributed by atoms with E-state index < -0.39 is 11.9 Å². The van der Waals surface area contributed by atoms with E-state index in [2.05, 4.69) is 5.32 Å². The van der Waals surface area contributed by atoms with E-state index in [0.717, 1.165) is 6.42 Å². The maximum Gasteiger partial charge on any atom is 0.308 e. The summed E-state index contributed by atoms with van der Waals surface area (Å²) in [4.78, 5) is 25.1. The fourth-order valence-electron chi connectivity index (χ4n) is 3.40. The molecule has 20 heavy (non-hydrogen) atoms. The van der Waals surface area contributed by atoms with Crippen molar-refractivity contribution in [1.29, 1.82) is 0 Å². The molecule has 2 rings (SSSR count). The minimum absolute atomic E-state index is 0.0941. The first kappa shape index (κ1) is 15.3. The summed E-state index contributed by atoms with van der Waals surface area (Å²) in [5.74, 6) is -1.11. The van der Waals surface area contributed by atoms with E-state index in [-0.39, 0.29) is 11.9 Å². The van der Waals surface area contributed by atoms with Crippen molar-refractivity contribution < 1.29 is 14.7 Å². The number of aliphatic carboxylic acids is 1. The standard InChI is InChI=1S/C15H26N2O3/c1-2-5-14(18)17-9-11(15(19)20)8-13(10-17)16-12-6-3-4-7-12/h11-13,16H,2-10H2,1H3,(H,19,20). The molecule has 2 aliphatic rings. The zero-order valence-electron chi connectivity index (χ0n) is 12.3. The molecule has 0 aromatic heterocycles. The van der Waals surface area contributed by atoms with Gasteiger partial charge in [-0.25, -0.2) is 0 Å². The summed E-state index contributed by atoms with van der Waals surface area (Å²) >= 11 is 0. The van der Waals surface area contributed by atoms with Gasteiger partial charge in [-0.15, -0.1) is 0 Å². The quantitative estimate of drug-likeness (QED) is 0.804. The van der Waals surface area contributed by atoms with E-state index in [1.165, 1.54) is 25.7 Å². The fourth-order valence-corrected chi connectivity index (χ4v) is 3.40. The molecule has 2 unspecified atom stereocenters. The summed E-state index contributed by atoms with van der Waals surface area (Å²) < 4.78 is 0. The lowest BCUT2D eigenvalue weighted by Gasteiger charge is -2.38. The zero-order chi connectivity index (χ0) is 14.5. The number of rotatable bonds is 5. The molecule has 1 aliphatic heterocycles. The smallest absolute Gasteiger partial charge is 0.308 e. The third kappa shape index (κ3) is 3.95. The van der Waals surface area contributed by atoms with Crippen molar-refractivity contribution in [2.24, 2.45) is 5.92 Å². The molecule has 1 aliphatic carbocycles. The maximum atomic E-state index is 12.1. The minimum atomic E-state index is -0.780. The molecular formula is C15H26N2O3. The Hall–Kier alpha value is -1.10. The molecule has 114 valence electrons. The lowest BCUT2D eigenvalue weighted by Crippen LogP contribution is -2.54. The molecule has 0 radical (unpaired) electrons. The summed E-state index contributed by atoms with van der Waals surface area (Å²) in [7, 11) is 0. The molecule has 0 bridgehead atoms. The van der Waals surface area contributed by atoms with Gasteiger partial charge in [0.15, 0.2) is 0 Å². The predicted molar refractivity (Wildman–Crippen MR) is 76.4 cm³/mol. The Morgan fingerprint density at radius 3 is 2.50 bits per heavy atom. The number of hydrogen-bond donors (Lipinski definition) is 2. The normalized spacial score (nSPS) is 27.8. The summed E-state index contributed by atoms with van der Waals surface area (Å²) in [6.45, 7) is 3.01. The fraction of sp³-hybridized carbons (Fsp3) is 0.867. The number of carbonyl (C=O) groups excluding carboxylic acids is 1. The van der Waals surface area contributed by atoms with E-state index in [1.807, 2.05) is 6.92 Å². The third-order valence-electron chi connectivity index (χ3n) is 4.44. The van der Waals surface area contributed by atoms with Gasteiger partial charge in [0.2, 0.25) is 5.91 Å². The van der Waals surface area contributed by atoms with Crippen molar-refractivity contribution in [3.8, 4) is 0 Å². The number of carbonyl (C=O) groups is 2. The Labute approximate surface area is 120 Å². The van der Waals surface area contributed by atoms with Crippen LogP contribution in [-0.4, -0.2) is 47.1 Å². The second-order valence-electron chi connectivity index (χ2n) is 6.16. The van der Waals surface area contributed by atoms with Crippen molar-refractivity contribution in [2.45, 2.75) is 64.0 Å². The average Bonchev–Trinajstić information content (AvgIpc) is 2.91. The van der Waals surface area contributed by atoms with Crippen molar-refractivity contribution in [3.63, 3.8) is 0 Å². The van der Waals surface area contributed by atoms with Crippen molar-refractivity contribution in [3.05, 3.63) is 0 Å². The van der Waals surface area contributed by atoms with Crippen LogP contribution in [0.4, 0.5) is 0 Å². The summed E-state index contributed by atoms with van der Waals surface area (Å²) in [6, 6.07) is 0.643. The van der Waals surface area contributed by atoms with E-state index >= 15 is 0 Å². The Kier molecular flexibility index (Phi) is 5.40. The molecule has 5 nitrogen and oxygen atoms in total. The molecule has 0 aromatic rings. The molecule has 5 heteroatoms. The Bertz CT molecular complexity index is 353. The van der Waals surface area contributed by atoms with Gasteiger partial charge in [-0.1, -0.05) is 19.8 Å². The molecule has 1 amide bonds. The first-order chi connectivity index (χ1) is 9.60. The summed E-state index contributed by atoms with van der Waals surface area (Å²) in [6.07, 6.45) is 6.84. The highest BCUT2D eigenvalue weighted by atomic mass is 16.4. The van der Waals surface area contributed by atoms with Gasteiger partial charge in [-0.05, 0) is 25.7 Å². The first-order valence-electron chi connectivity index (χ1n) is 7.86. The van der Waals surface area contributed by atoms with Gasteiger partial charge in [0, 0.05) is 31.6 Å². The SMILES string of the molecule is CCCC(=O)N1CC(NC2CCCC2)CC(C(=O)O)C1. The van der Waals surface area contributed by atoms with Crippen LogP contribution in [0.2, 0.25) is 0 Å². The topological polar surface area (TPSA) is 69.6 Å². The van der Waals surface area contributed by atoms with E-state index in [1.54, 1.807) is 4.90 Å². The van der Waals surface area contributed by atoms with Crippen molar-refractivity contribution in [2.75, 3.05) is 13.1 Å². The number of nitrogens with one attached hydrogen (secondary N) is 1. The van der Waals surface area contributed by atoms with Crippen LogP contribution in [0.5, 0.6) is 0 Å². The third-order valence-corrected chi connectivity index (χ3v) is 4.44. The number of hydrogen-bond acceptors (Lipinski definition) is 3. The monoisotopic (exact) mass is 282 g/mol. The second kappa shape index (κ2) is 7.07. The molecule has 0 aromatic carbocycles. The lowest BCUT2D eigenvalue weighted by molar-refractivity contribution is -0.146. The maximum absolute atomic E-state index is 12.1. The van der Waals surface area contributed by atoms with Gasteiger partial charge >= 0.3 is 5.97 Å². The zero-order valence-corrected chi connectivity index (χ0v) is 12.3. The van der Waals surface area contributed by atoms with Crippen molar-refractivity contribution >= 4 is 11.9 Å². The summed E-state index contributed by atoms with van der Waals surface area (Å²) in [5.41, 5.74) is 0. The molecule has 1 saturated heterocycles. The number of likely N-dealkylation sites (tertiary alicyclic amines) is 1. The predicted octanol–water partition coefficient (Wildman–Crippen LogP) is 1.62. The van der Waals surface area contributed by atoms with Crippen LogP contribution in [0.15, 0.2) is 0 Å². The van der Waals surface area contributed by atoms with Gasteiger partial charge in [-0.3, -0.25) is 9.59 Å². The van der Waals surface area contributed by atoms with Gasteiger partial charge < -0.3 is 15.3 Å². The van der Waals surface area contributed by atoms with Gasteiger partial charge in [-0.2, -0.15) is 0 Å². The van der Waals surface area contributed by atoms with Crippen LogP contribution in [0.3, 0.4) is 0 Å². The van der Waals surface area contributed by atoms with E-state index in [0.29, 0.717) is 32.0 Å². The molecule has 2 fully saturated rings. The van der Waals surface area contributed by atoms with Gasteiger partial charge in [0.1, 0.15) is 0 Å². The first-order valence-corrected chi connectivity index (χ1v) is 7.86. The number of carboxylic acids is 1.